The lowest BCUT2D eigenvalue weighted by atomic mass is 10.2. The van der Waals surface area contributed by atoms with Crippen LogP contribution in [0, 0.1) is 0 Å². The molecule has 0 aromatic heterocycles. The van der Waals surface area contributed by atoms with Crippen molar-refractivity contribution >= 4 is 5.97 Å². The number of hydrogen-bond donors (Lipinski definition) is 0. The molecule has 1 aromatic rings. The molecule has 0 fully saturated rings. The Morgan fingerprint density at radius 1 is 1.37 bits per heavy atom. The van der Waals surface area contributed by atoms with E-state index in [2.05, 4.69) is 0 Å². The number of esters is 1. The van der Waals surface area contributed by atoms with Gasteiger partial charge in [0.05, 0.1) is 6.61 Å². The number of carbonyl (C=O) groups is 1. The molecule has 0 saturated carbocycles. The number of rotatable bonds is 6. The van der Waals surface area contributed by atoms with E-state index in [1.54, 1.807) is 11.8 Å². The van der Waals surface area contributed by atoms with E-state index in [0.717, 1.165) is 5.56 Å². The van der Waals surface area contributed by atoms with Gasteiger partial charge in [0.2, 0.25) is 12.7 Å². The fourth-order valence-electron chi connectivity index (χ4n) is 1.78. The van der Waals surface area contributed by atoms with Crippen molar-refractivity contribution in [3.8, 4) is 0 Å². The van der Waals surface area contributed by atoms with Gasteiger partial charge in [0.25, 0.3) is 0 Å². The van der Waals surface area contributed by atoms with Crippen molar-refractivity contribution in [3.05, 3.63) is 48.0 Å². The summed E-state index contributed by atoms with van der Waals surface area (Å²) in [5, 5.41) is 0. The zero-order valence-electron chi connectivity index (χ0n) is 10.9. The van der Waals surface area contributed by atoms with Crippen LogP contribution in [-0.4, -0.2) is 30.8 Å². The first-order valence-corrected chi connectivity index (χ1v) is 6.18. The monoisotopic (exact) mass is 263 g/mol. The van der Waals surface area contributed by atoms with Gasteiger partial charge >= 0.3 is 5.97 Å². The summed E-state index contributed by atoms with van der Waals surface area (Å²) in [5.74, 6) is 0.270. The highest BCUT2D eigenvalue weighted by Gasteiger charge is 2.19. The standard InChI is InChI=1S/C14H17NO4/c1-2-18-14(16)9-15(13-10-17-11-19-13)8-12-6-4-3-5-7-12/h3-7,10H,2,8-9,11H2,1H3. The maximum Gasteiger partial charge on any atom is 0.325 e. The van der Waals surface area contributed by atoms with Gasteiger partial charge in [-0.15, -0.1) is 0 Å². The van der Waals surface area contributed by atoms with E-state index in [9.17, 15) is 4.79 Å². The van der Waals surface area contributed by atoms with Crippen LogP contribution >= 0.6 is 0 Å². The summed E-state index contributed by atoms with van der Waals surface area (Å²) in [7, 11) is 0. The molecule has 0 unspecified atom stereocenters. The van der Waals surface area contributed by atoms with E-state index in [4.69, 9.17) is 14.2 Å². The molecule has 0 radical (unpaired) electrons. The summed E-state index contributed by atoms with van der Waals surface area (Å²) in [5.41, 5.74) is 1.09. The van der Waals surface area contributed by atoms with Crippen molar-refractivity contribution in [2.75, 3.05) is 19.9 Å². The Balaban J connectivity index is 2.03. The maximum absolute atomic E-state index is 11.6. The molecule has 5 heteroatoms. The minimum absolute atomic E-state index is 0.137. The Morgan fingerprint density at radius 2 is 2.16 bits per heavy atom. The summed E-state index contributed by atoms with van der Waals surface area (Å²) in [6.07, 6.45) is 1.52. The van der Waals surface area contributed by atoms with Crippen LogP contribution in [0.5, 0.6) is 0 Å². The molecular weight excluding hydrogens is 246 g/mol. The molecule has 0 spiro atoms. The number of benzene rings is 1. The summed E-state index contributed by atoms with van der Waals surface area (Å²) >= 11 is 0. The van der Waals surface area contributed by atoms with E-state index in [1.165, 1.54) is 6.26 Å². The molecule has 1 aliphatic rings. The second-order valence-corrected chi connectivity index (χ2v) is 4.03. The number of nitrogens with zero attached hydrogens (tertiary/aromatic N) is 1. The number of carbonyl (C=O) groups excluding carboxylic acids is 1. The van der Waals surface area contributed by atoms with Crippen molar-refractivity contribution in [1.82, 2.24) is 4.90 Å². The SMILES string of the molecule is CCOC(=O)CN(Cc1ccccc1)C1=COCO1. The normalized spacial score (nSPS) is 13.2. The molecule has 102 valence electrons. The molecule has 1 heterocycles. The quantitative estimate of drug-likeness (QED) is 0.733. The predicted molar refractivity (Wildman–Crippen MR) is 68.6 cm³/mol. The van der Waals surface area contributed by atoms with Gasteiger partial charge in [-0.1, -0.05) is 30.3 Å². The Hall–Kier alpha value is -2.17. The first-order chi connectivity index (χ1) is 9.29. The van der Waals surface area contributed by atoms with Gasteiger partial charge in [-0.05, 0) is 12.5 Å². The van der Waals surface area contributed by atoms with Crippen LogP contribution in [-0.2, 0) is 25.5 Å². The minimum atomic E-state index is -0.283. The third-order valence-corrected chi connectivity index (χ3v) is 2.61. The first kappa shape index (κ1) is 13.3. The summed E-state index contributed by atoms with van der Waals surface area (Å²) in [6.45, 7) is 3.04. The zero-order chi connectivity index (χ0) is 13.5. The highest BCUT2D eigenvalue weighted by atomic mass is 16.7. The summed E-state index contributed by atoms with van der Waals surface area (Å²) in [4.78, 5) is 13.4. The van der Waals surface area contributed by atoms with Gasteiger partial charge in [0.1, 0.15) is 12.8 Å². The molecule has 2 rings (SSSR count). The molecule has 0 bridgehead atoms. The third kappa shape index (κ3) is 3.91. The lowest BCUT2D eigenvalue weighted by molar-refractivity contribution is -0.144. The van der Waals surface area contributed by atoms with E-state index in [1.807, 2.05) is 30.3 Å². The van der Waals surface area contributed by atoms with Gasteiger partial charge in [-0.3, -0.25) is 4.79 Å². The Labute approximate surface area is 112 Å². The summed E-state index contributed by atoms with van der Waals surface area (Å²) in [6, 6.07) is 9.85. The lowest BCUT2D eigenvalue weighted by Crippen LogP contribution is -2.30. The molecule has 0 saturated heterocycles. The van der Waals surface area contributed by atoms with Crippen LogP contribution in [0.2, 0.25) is 0 Å². The molecular formula is C14H17NO4. The predicted octanol–water partition coefficient (Wildman–Crippen LogP) is 1.85. The average Bonchev–Trinajstić information content (AvgIpc) is 2.93. The Kier molecular flexibility index (Phi) is 4.66. The third-order valence-electron chi connectivity index (χ3n) is 2.61. The molecule has 0 N–H and O–H groups in total. The highest BCUT2D eigenvalue weighted by molar-refractivity contribution is 5.71. The molecule has 0 amide bonds. The van der Waals surface area contributed by atoms with Crippen LogP contribution in [0.3, 0.4) is 0 Å². The minimum Gasteiger partial charge on any atom is -0.465 e. The second kappa shape index (κ2) is 6.68. The fraction of sp³-hybridized carbons (Fsp3) is 0.357. The number of ether oxygens (including phenoxy) is 3. The van der Waals surface area contributed by atoms with Crippen LogP contribution < -0.4 is 0 Å². The van der Waals surface area contributed by atoms with E-state index in [-0.39, 0.29) is 19.3 Å². The van der Waals surface area contributed by atoms with Gasteiger partial charge in [-0.25, -0.2) is 0 Å². The van der Waals surface area contributed by atoms with Crippen LogP contribution in [0.15, 0.2) is 42.5 Å². The van der Waals surface area contributed by atoms with Crippen LogP contribution in [0.1, 0.15) is 12.5 Å². The van der Waals surface area contributed by atoms with E-state index >= 15 is 0 Å². The maximum atomic E-state index is 11.6. The van der Waals surface area contributed by atoms with E-state index < -0.39 is 0 Å². The topological polar surface area (TPSA) is 48.0 Å². The Bertz CT molecular complexity index is 444. The number of hydrogen-bond acceptors (Lipinski definition) is 5. The molecule has 1 aromatic carbocycles. The van der Waals surface area contributed by atoms with Crippen molar-refractivity contribution in [2.45, 2.75) is 13.5 Å². The average molecular weight is 263 g/mol. The smallest absolute Gasteiger partial charge is 0.325 e. The lowest BCUT2D eigenvalue weighted by Gasteiger charge is -2.22. The largest absolute Gasteiger partial charge is 0.465 e. The summed E-state index contributed by atoms with van der Waals surface area (Å²) < 4.78 is 15.3. The first-order valence-electron chi connectivity index (χ1n) is 6.18. The van der Waals surface area contributed by atoms with Gasteiger partial charge < -0.3 is 19.1 Å². The van der Waals surface area contributed by atoms with Crippen molar-refractivity contribution in [3.63, 3.8) is 0 Å². The molecule has 5 nitrogen and oxygen atoms in total. The van der Waals surface area contributed by atoms with Gasteiger partial charge in [0, 0.05) is 6.54 Å². The fourth-order valence-corrected chi connectivity index (χ4v) is 1.78. The van der Waals surface area contributed by atoms with Crippen molar-refractivity contribution < 1.29 is 19.0 Å². The van der Waals surface area contributed by atoms with E-state index in [0.29, 0.717) is 19.0 Å². The molecule has 0 atom stereocenters. The van der Waals surface area contributed by atoms with Crippen LogP contribution in [0.25, 0.3) is 0 Å². The van der Waals surface area contributed by atoms with Crippen molar-refractivity contribution in [1.29, 1.82) is 0 Å². The highest BCUT2D eigenvalue weighted by Crippen LogP contribution is 2.16. The Morgan fingerprint density at radius 3 is 2.79 bits per heavy atom. The van der Waals surface area contributed by atoms with Crippen molar-refractivity contribution in [2.24, 2.45) is 0 Å². The molecule has 1 aliphatic heterocycles. The molecule has 0 aliphatic carbocycles. The zero-order valence-corrected chi connectivity index (χ0v) is 10.9. The van der Waals surface area contributed by atoms with Gasteiger partial charge in [-0.2, -0.15) is 0 Å². The van der Waals surface area contributed by atoms with Crippen LogP contribution in [0.4, 0.5) is 0 Å². The van der Waals surface area contributed by atoms with Gasteiger partial charge in [0.15, 0.2) is 0 Å². The second-order valence-electron chi connectivity index (χ2n) is 4.03. The molecule has 19 heavy (non-hydrogen) atoms.